The number of carbonyl (C=O) groups excluding carboxylic acids is 2. The van der Waals surface area contributed by atoms with Crippen molar-refractivity contribution in [1.82, 2.24) is 19.8 Å². The van der Waals surface area contributed by atoms with Crippen molar-refractivity contribution in [2.75, 3.05) is 11.9 Å². The Hall–Kier alpha value is -3.81. The van der Waals surface area contributed by atoms with Crippen LogP contribution in [0.1, 0.15) is 17.8 Å². The van der Waals surface area contributed by atoms with Gasteiger partial charge in [0.25, 0.3) is 0 Å². The molecule has 0 radical (unpaired) electrons. The maximum Gasteiger partial charge on any atom is 0.323 e. The number of nitrogens with one attached hydrogen (secondary N) is 1. The number of anilines is 1. The third-order valence-electron chi connectivity index (χ3n) is 5.58. The van der Waals surface area contributed by atoms with Gasteiger partial charge in [0, 0.05) is 13.6 Å². The summed E-state index contributed by atoms with van der Waals surface area (Å²) >= 11 is 0. The van der Waals surface area contributed by atoms with E-state index in [4.69, 9.17) is 0 Å². The van der Waals surface area contributed by atoms with Gasteiger partial charge in [-0.05, 0) is 23.8 Å². The number of carboxylic acids is 1. The highest BCUT2D eigenvalue weighted by atomic mass is 35.5. The van der Waals surface area contributed by atoms with Gasteiger partial charge in [-0.25, -0.2) is 9.78 Å². The summed E-state index contributed by atoms with van der Waals surface area (Å²) in [5.74, 6) is -1.16. The van der Waals surface area contributed by atoms with Crippen molar-refractivity contribution < 1.29 is 19.5 Å². The smallest absolute Gasteiger partial charge is 0.323 e. The fourth-order valence-corrected chi connectivity index (χ4v) is 4.09. The minimum absolute atomic E-state index is 0. The van der Waals surface area contributed by atoms with Crippen molar-refractivity contribution in [3.8, 4) is 6.07 Å². The lowest BCUT2D eigenvalue weighted by Gasteiger charge is -2.29. The van der Waals surface area contributed by atoms with Crippen LogP contribution in [0.4, 0.5) is 10.5 Å². The first-order valence-corrected chi connectivity index (χ1v) is 10.3. The lowest BCUT2D eigenvalue weighted by molar-refractivity contribution is -0.141. The van der Waals surface area contributed by atoms with Gasteiger partial charge in [-0.1, -0.05) is 30.3 Å². The molecule has 1 aliphatic heterocycles. The maximum atomic E-state index is 13.4. The van der Waals surface area contributed by atoms with E-state index in [2.05, 4.69) is 16.4 Å². The molecule has 3 aromatic rings. The Balaban J connectivity index is 0.00000216. The van der Waals surface area contributed by atoms with E-state index in [9.17, 15) is 24.8 Å². The second-order valence-electron chi connectivity index (χ2n) is 7.73. The molecule has 0 saturated heterocycles. The molecule has 1 aromatic heterocycles. The van der Waals surface area contributed by atoms with E-state index in [1.165, 1.54) is 9.80 Å². The topological polar surface area (TPSA) is 132 Å². The number of amides is 3. The molecule has 2 heterocycles. The molecule has 4 rings (SSSR count). The van der Waals surface area contributed by atoms with Gasteiger partial charge in [0.1, 0.15) is 18.4 Å². The van der Waals surface area contributed by atoms with Crippen molar-refractivity contribution >= 4 is 59.4 Å². The lowest BCUT2D eigenvalue weighted by Crippen LogP contribution is -2.52. The Kier molecular flexibility index (Phi) is 9.05. The zero-order valence-electron chi connectivity index (χ0n) is 18.7. The van der Waals surface area contributed by atoms with Crippen molar-refractivity contribution in [2.24, 2.45) is 0 Å². The molecule has 12 heteroatoms. The van der Waals surface area contributed by atoms with Crippen molar-refractivity contribution in [1.29, 1.82) is 5.26 Å². The second kappa shape index (κ2) is 11.6. The van der Waals surface area contributed by atoms with Crippen molar-refractivity contribution in [3.05, 3.63) is 59.9 Å². The first kappa shape index (κ1) is 27.4. The Morgan fingerprint density at radius 3 is 2.57 bits per heavy atom. The lowest BCUT2D eigenvalue weighted by atomic mass is 10.1. The Bertz CT molecular complexity index is 1290. The number of halogens is 2. The van der Waals surface area contributed by atoms with E-state index in [0.29, 0.717) is 17.0 Å². The summed E-state index contributed by atoms with van der Waals surface area (Å²) in [5, 5.41) is 21.4. The monoisotopic (exact) mass is 518 g/mol. The number of aromatic nitrogens is 2. The van der Waals surface area contributed by atoms with E-state index in [0.717, 1.165) is 11.1 Å². The molecule has 0 saturated carbocycles. The quantitative estimate of drug-likeness (QED) is 0.533. The molecule has 0 bridgehead atoms. The van der Waals surface area contributed by atoms with Crippen LogP contribution in [-0.2, 0) is 29.2 Å². The number of hydrogen-bond acceptors (Lipinski definition) is 5. The number of likely N-dealkylation sites (N-methyl/N-ethyl adjacent to an activating group) is 1. The summed E-state index contributed by atoms with van der Waals surface area (Å²) < 4.78 is 1.71. The number of rotatable bonds is 5. The second-order valence-corrected chi connectivity index (χ2v) is 7.73. The molecule has 0 fully saturated rings. The summed E-state index contributed by atoms with van der Waals surface area (Å²) in [5.41, 5.74) is 2.67. The Labute approximate surface area is 213 Å². The van der Waals surface area contributed by atoms with Crippen LogP contribution in [0.15, 0.2) is 48.5 Å². The number of nitriles is 1. The highest BCUT2D eigenvalue weighted by Gasteiger charge is 2.38. The summed E-state index contributed by atoms with van der Waals surface area (Å²) in [7, 11) is 1.58. The fraction of sp³-hybridized carbons (Fsp3) is 0.261. The van der Waals surface area contributed by atoms with Crippen LogP contribution in [0.25, 0.3) is 11.0 Å². The average molecular weight is 519 g/mol. The predicted molar refractivity (Wildman–Crippen MR) is 134 cm³/mol. The van der Waals surface area contributed by atoms with Crippen molar-refractivity contribution in [3.63, 3.8) is 0 Å². The van der Waals surface area contributed by atoms with Gasteiger partial charge in [-0.15, -0.1) is 24.8 Å². The molecule has 2 N–H and O–H groups in total. The number of nitrogens with zero attached hydrogens (tertiary/aromatic N) is 5. The number of para-hydroxylation sites is 3. The van der Waals surface area contributed by atoms with Crippen LogP contribution in [0.5, 0.6) is 0 Å². The molecular formula is C23H24Cl2N6O4. The third-order valence-corrected chi connectivity index (χ3v) is 5.58. The third kappa shape index (κ3) is 5.48. The first-order chi connectivity index (χ1) is 15.9. The molecule has 1 atom stereocenters. The van der Waals surface area contributed by atoms with Gasteiger partial charge in [-0.3, -0.25) is 14.5 Å². The number of carbonyl (C=O) groups is 3. The van der Waals surface area contributed by atoms with Crippen LogP contribution in [-0.4, -0.2) is 50.6 Å². The van der Waals surface area contributed by atoms with Gasteiger partial charge in [0.05, 0.1) is 35.8 Å². The van der Waals surface area contributed by atoms with Gasteiger partial charge in [0.15, 0.2) is 0 Å². The highest BCUT2D eigenvalue weighted by molar-refractivity contribution is 6.02. The van der Waals surface area contributed by atoms with E-state index < -0.39 is 30.4 Å². The number of carboxylic acid groups (broad SMARTS) is 1. The fourth-order valence-electron chi connectivity index (χ4n) is 4.09. The van der Waals surface area contributed by atoms with E-state index in [1.54, 1.807) is 35.9 Å². The zero-order chi connectivity index (χ0) is 23.5. The highest BCUT2D eigenvalue weighted by Crippen LogP contribution is 2.29. The Morgan fingerprint density at radius 1 is 1.17 bits per heavy atom. The van der Waals surface area contributed by atoms with E-state index in [-0.39, 0.29) is 44.4 Å². The van der Waals surface area contributed by atoms with Crippen LogP contribution >= 0.6 is 24.8 Å². The molecule has 35 heavy (non-hydrogen) atoms. The maximum absolute atomic E-state index is 13.4. The summed E-state index contributed by atoms with van der Waals surface area (Å²) in [4.78, 5) is 45.0. The normalized spacial score (nSPS) is 14.7. The molecule has 2 aromatic carbocycles. The van der Waals surface area contributed by atoms with E-state index >= 15 is 0 Å². The number of hydrogen-bond donors (Lipinski definition) is 2. The number of benzene rings is 2. The molecular weight excluding hydrogens is 495 g/mol. The number of urea groups is 1. The molecule has 0 spiro atoms. The Morgan fingerprint density at radius 2 is 1.86 bits per heavy atom. The van der Waals surface area contributed by atoms with Gasteiger partial charge in [0.2, 0.25) is 5.91 Å². The predicted octanol–water partition coefficient (Wildman–Crippen LogP) is 2.93. The first-order valence-electron chi connectivity index (χ1n) is 10.3. The summed E-state index contributed by atoms with van der Waals surface area (Å²) in [6.45, 7) is 0.313. The summed E-state index contributed by atoms with van der Waals surface area (Å²) in [6, 6.07) is 14.6. The average Bonchev–Trinajstić information content (AvgIpc) is 3.10. The molecule has 0 aliphatic carbocycles. The minimum Gasteiger partial charge on any atom is -0.481 e. The molecule has 1 aliphatic rings. The minimum atomic E-state index is -1.20. The zero-order valence-corrected chi connectivity index (χ0v) is 20.4. The standard InChI is InChI=1S/C23H22N6O4.2ClH/c1-27-14-15-6-2-4-8-17(15)29(19(22(27)32)12-21(30)31)23(33)25-13-20-26-16-7-3-5-9-18(16)28(20)11-10-24;;/h2-9,19H,11-14H2,1H3,(H,25,33)(H,30,31);2*1H/t19-;;/m0../s1. The number of fused-ring (bicyclic) bond motifs is 2. The molecule has 184 valence electrons. The SMILES string of the molecule is CN1Cc2ccccc2N(C(=O)NCc2nc3ccccc3n2CC#N)[C@@H](CC(=O)O)C1=O.Cl.Cl. The molecule has 10 nitrogen and oxygen atoms in total. The van der Waals surface area contributed by atoms with Gasteiger partial charge < -0.3 is 19.9 Å². The summed E-state index contributed by atoms with van der Waals surface area (Å²) in [6.07, 6.45) is -0.530. The molecule has 0 unspecified atom stereocenters. The van der Waals surface area contributed by atoms with Crippen LogP contribution in [0, 0.1) is 11.3 Å². The number of aliphatic carboxylic acids is 1. The van der Waals surface area contributed by atoms with Crippen LogP contribution in [0.3, 0.4) is 0 Å². The van der Waals surface area contributed by atoms with Gasteiger partial charge in [-0.2, -0.15) is 5.26 Å². The van der Waals surface area contributed by atoms with Crippen LogP contribution in [0.2, 0.25) is 0 Å². The largest absolute Gasteiger partial charge is 0.481 e. The molecule has 3 amide bonds. The van der Waals surface area contributed by atoms with Gasteiger partial charge >= 0.3 is 12.0 Å². The van der Waals surface area contributed by atoms with Crippen LogP contribution < -0.4 is 10.2 Å². The number of imidazole rings is 1. The van der Waals surface area contributed by atoms with Crippen molar-refractivity contribution in [2.45, 2.75) is 32.1 Å². The van der Waals surface area contributed by atoms with E-state index in [1.807, 2.05) is 24.3 Å².